The Morgan fingerprint density at radius 3 is 2.84 bits per heavy atom. The third kappa shape index (κ3) is 3.94. The van der Waals surface area contributed by atoms with Gasteiger partial charge in [-0.15, -0.1) is 0 Å². The smallest absolute Gasteiger partial charge is 0.241 e. The monoisotopic (exact) mass is 261 g/mol. The molecule has 2 aromatic heterocycles. The second kappa shape index (κ2) is 6.17. The maximum Gasteiger partial charge on any atom is 0.241 e. The molecule has 0 bridgehead atoms. The first kappa shape index (κ1) is 13.3. The summed E-state index contributed by atoms with van der Waals surface area (Å²) >= 11 is 0. The molecular formula is C13H19N5O. The summed E-state index contributed by atoms with van der Waals surface area (Å²) < 4.78 is 3.57. The average Bonchev–Trinajstić information content (AvgIpc) is 2.94. The third-order valence-electron chi connectivity index (χ3n) is 2.87. The largest absolute Gasteiger partial charge is 0.354 e. The predicted octanol–water partition coefficient (Wildman–Crippen LogP) is 0.903. The van der Waals surface area contributed by atoms with Crippen molar-refractivity contribution in [2.75, 3.05) is 6.54 Å². The fourth-order valence-corrected chi connectivity index (χ4v) is 1.85. The number of hydrogen-bond acceptors (Lipinski definition) is 3. The van der Waals surface area contributed by atoms with Crippen LogP contribution in [0.25, 0.3) is 0 Å². The summed E-state index contributed by atoms with van der Waals surface area (Å²) in [5.41, 5.74) is 2.19. The van der Waals surface area contributed by atoms with E-state index in [1.54, 1.807) is 17.1 Å². The maximum absolute atomic E-state index is 11.7. The number of carbonyl (C=O) groups is 1. The molecule has 6 nitrogen and oxygen atoms in total. The predicted molar refractivity (Wildman–Crippen MR) is 71.6 cm³/mol. The van der Waals surface area contributed by atoms with Gasteiger partial charge in [-0.3, -0.25) is 14.2 Å². The quantitative estimate of drug-likeness (QED) is 0.786. The Kier molecular flexibility index (Phi) is 4.33. The number of nitrogens with one attached hydrogen (secondary N) is 1. The summed E-state index contributed by atoms with van der Waals surface area (Å²) in [5.74, 6) is -0.0136. The molecule has 0 saturated carbocycles. The molecule has 0 aliphatic heterocycles. The van der Waals surface area contributed by atoms with E-state index < -0.39 is 0 Å². The van der Waals surface area contributed by atoms with Crippen LogP contribution in [-0.2, 0) is 17.9 Å². The van der Waals surface area contributed by atoms with Crippen LogP contribution in [0.2, 0.25) is 0 Å². The summed E-state index contributed by atoms with van der Waals surface area (Å²) in [7, 11) is 0. The molecule has 0 radical (unpaired) electrons. The normalized spacial score (nSPS) is 10.6. The van der Waals surface area contributed by atoms with E-state index in [1.165, 1.54) is 0 Å². The van der Waals surface area contributed by atoms with Gasteiger partial charge in [0, 0.05) is 31.2 Å². The van der Waals surface area contributed by atoms with Gasteiger partial charge in [-0.1, -0.05) is 0 Å². The number of rotatable bonds is 6. The van der Waals surface area contributed by atoms with Gasteiger partial charge < -0.3 is 5.32 Å². The van der Waals surface area contributed by atoms with Crippen molar-refractivity contribution in [2.45, 2.75) is 33.4 Å². The topological polar surface area (TPSA) is 64.7 Å². The molecule has 0 aliphatic rings. The first-order chi connectivity index (χ1) is 9.15. The molecule has 0 saturated heterocycles. The third-order valence-corrected chi connectivity index (χ3v) is 2.87. The Hall–Kier alpha value is -2.11. The van der Waals surface area contributed by atoms with Crippen LogP contribution in [0.4, 0.5) is 0 Å². The van der Waals surface area contributed by atoms with E-state index in [-0.39, 0.29) is 12.5 Å². The molecule has 1 N–H and O–H groups in total. The zero-order chi connectivity index (χ0) is 13.7. The molecule has 2 aromatic rings. The van der Waals surface area contributed by atoms with Gasteiger partial charge in [0.05, 0.1) is 6.20 Å². The van der Waals surface area contributed by atoms with Crippen LogP contribution in [0, 0.1) is 13.8 Å². The van der Waals surface area contributed by atoms with Gasteiger partial charge in [0.1, 0.15) is 6.54 Å². The minimum Gasteiger partial charge on any atom is -0.354 e. The first-order valence-electron chi connectivity index (χ1n) is 6.39. The lowest BCUT2D eigenvalue weighted by Gasteiger charge is -2.06. The summed E-state index contributed by atoms with van der Waals surface area (Å²) in [6, 6.07) is 1.97. The number of aromatic nitrogens is 4. The summed E-state index contributed by atoms with van der Waals surface area (Å²) in [4.78, 5) is 11.7. The van der Waals surface area contributed by atoms with E-state index in [2.05, 4.69) is 15.5 Å². The van der Waals surface area contributed by atoms with Crippen molar-refractivity contribution in [1.82, 2.24) is 24.9 Å². The zero-order valence-corrected chi connectivity index (χ0v) is 11.3. The lowest BCUT2D eigenvalue weighted by molar-refractivity contribution is -0.121. The van der Waals surface area contributed by atoms with Gasteiger partial charge in [-0.2, -0.15) is 10.2 Å². The lowest BCUT2D eigenvalue weighted by Crippen LogP contribution is -2.29. The number of carbonyl (C=O) groups excluding carboxylic acids is 1. The van der Waals surface area contributed by atoms with Crippen LogP contribution in [0.1, 0.15) is 17.7 Å². The van der Waals surface area contributed by atoms with Gasteiger partial charge in [-0.25, -0.2) is 0 Å². The Balaban J connectivity index is 1.65. The van der Waals surface area contributed by atoms with E-state index >= 15 is 0 Å². The molecule has 0 atom stereocenters. The molecule has 0 aromatic carbocycles. The molecule has 19 heavy (non-hydrogen) atoms. The van der Waals surface area contributed by atoms with Crippen molar-refractivity contribution in [1.29, 1.82) is 0 Å². The lowest BCUT2D eigenvalue weighted by atomic mass is 10.4. The average molecular weight is 261 g/mol. The molecule has 0 spiro atoms. The second-order valence-electron chi connectivity index (χ2n) is 4.61. The Labute approximate surface area is 112 Å². The molecule has 2 rings (SSSR count). The van der Waals surface area contributed by atoms with Crippen molar-refractivity contribution < 1.29 is 4.79 Å². The first-order valence-corrected chi connectivity index (χ1v) is 6.39. The molecule has 1 amide bonds. The van der Waals surface area contributed by atoms with Crippen molar-refractivity contribution in [3.63, 3.8) is 0 Å². The summed E-state index contributed by atoms with van der Waals surface area (Å²) in [6.45, 7) is 5.71. The van der Waals surface area contributed by atoms with E-state index in [0.29, 0.717) is 6.54 Å². The zero-order valence-electron chi connectivity index (χ0n) is 11.3. The SMILES string of the molecule is Cc1cnn(CC(=O)NCCCn2nccc2C)c1. The highest BCUT2D eigenvalue weighted by molar-refractivity contribution is 5.75. The van der Waals surface area contributed by atoms with Crippen LogP contribution in [0.3, 0.4) is 0 Å². The molecule has 102 valence electrons. The van der Waals surface area contributed by atoms with Crippen LogP contribution < -0.4 is 5.32 Å². The fourth-order valence-electron chi connectivity index (χ4n) is 1.85. The van der Waals surface area contributed by atoms with Gasteiger partial charge in [0.15, 0.2) is 0 Å². The number of aryl methyl sites for hydroxylation is 3. The number of hydrogen-bond donors (Lipinski definition) is 1. The number of amides is 1. The van der Waals surface area contributed by atoms with Gasteiger partial charge in [-0.05, 0) is 31.9 Å². The minimum atomic E-state index is -0.0136. The maximum atomic E-state index is 11.7. The highest BCUT2D eigenvalue weighted by Gasteiger charge is 2.03. The second-order valence-corrected chi connectivity index (χ2v) is 4.61. The summed E-state index contributed by atoms with van der Waals surface area (Å²) in [5, 5.41) is 11.2. The molecule has 0 unspecified atom stereocenters. The molecule has 0 aliphatic carbocycles. The molecule has 0 fully saturated rings. The van der Waals surface area contributed by atoms with E-state index in [4.69, 9.17) is 0 Å². The minimum absolute atomic E-state index is 0.0136. The molecular weight excluding hydrogens is 242 g/mol. The van der Waals surface area contributed by atoms with Crippen LogP contribution in [-0.4, -0.2) is 32.0 Å². The Morgan fingerprint density at radius 2 is 2.21 bits per heavy atom. The van der Waals surface area contributed by atoms with E-state index in [1.807, 2.05) is 30.8 Å². The van der Waals surface area contributed by atoms with Crippen LogP contribution in [0.5, 0.6) is 0 Å². The van der Waals surface area contributed by atoms with Crippen molar-refractivity contribution in [3.8, 4) is 0 Å². The van der Waals surface area contributed by atoms with E-state index in [0.717, 1.165) is 24.2 Å². The summed E-state index contributed by atoms with van der Waals surface area (Å²) in [6.07, 6.45) is 6.25. The fraction of sp³-hybridized carbons (Fsp3) is 0.462. The highest BCUT2D eigenvalue weighted by Crippen LogP contribution is 1.97. The molecule has 6 heteroatoms. The van der Waals surface area contributed by atoms with E-state index in [9.17, 15) is 4.79 Å². The van der Waals surface area contributed by atoms with Gasteiger partial charge >= 0.3 is 0 Å². The highest BCUT2D eigenvalue weighted by atomic mass is 16.2. The Bertz CT molecular complexity index is 543. The standard InChI is InChI=1S/C13H19N5O/c1-11-8-16-17(9-11)10-13(19)14-5-3-7-18-12(2)4-6-15-18/h4,6,8-9H,3,5,7,10H2,1-2H3,(H,14,19). The molecule has 2 heterocycles. The van der Waals surface area contributed by atoms with Crippen molar-refractivity contribution in [2.24, 2.45) is 0 Å². The van der Waals surface area contributed by atoms with Crippen LogP contribution in [0.15, 0.2) is 24.7 Å². The van der Waals surface area contributed by atoms with Crippen molar-refractivity contribution in [3.05, 3.63) is 35.9 Å². The Morgan fingerprint density at radius 1 is 1.37 bits per heavy atom. The van der Waals surface area contributed by atoms with Crippen LogP contribution >= 0.6 is 0 Å². The number of nitrogens with zero attached hydrogens (tertiary/aromatic N) is 4. The van der Waals surface area contributed by atoms with Gasteiger partial charge in [0.2, 0.25) is 5.91 Å². The van der Waals surface area contributed by atoms with Crippen molar-refractivity contribution >= 4 is 5.91 Å². The van der Waals surface area contributed by atoms with Gasteiger partial charge in [0.25, 0.3) is 0 Å².